The van der Waals surface area contributed by atoms with Gasteiger partial charge in [-0.1, -0.05) is 38.5 Å². The van der Waals surface area contributed by atoms with Crippen molar-refractivity contribution in [3.05, 3.63) is 59.5 Å². The van der Waals surface area contributed by atoms with Gasteiger partial charge in [-0.05, 0) is 49.7 Å². The van der Waals surface area contributed by atoms with Crippen LogP contribution in [-0.2, 0) is 6.42 Å². The van der Waals surface area contributed by atoms with Crippen molar-refractivity contribution in [1.82, 2.24) is 19.8 Å². The lowest BCUT2D eigenvalue weighted by Gasteiger charge is -2.40. The number of nitrogens with zero attached hydrogens (tertiary/aromatic N) is 3. The number of fused-ring (bicyclic) bond motifs is 3. The molecule has 5 nitrogen and oxygen atoms in total. The van der Waals surface area contributed by atoms with E-state index in [4.69, 9.17) is 4.98 Å². The van der Waals surface area contributed by atoms with Crippen molar-refractivity contribution in [2.45, 2.75) is 45.2 Å². The molecule has 0 bridgehead atoms. The summed E-state index contributed by atoms with van der Waals surface area (Å²) in [7, 11) is 0. The van der Waals surface area contributed by atoms with Gasteiger partial charge in [0.25, 0.3) is 0 Å². The highest BCUT2D eigenvalue weighted by Gasteiger charge is 2.32. The molecule has 158 valence electrons. The fourth-order valence-electron chi connectivity index (χ4n) is 5.08. The van der Waals surface area contributed by atoms with Crippen molar-refractivity contribution in [3.8, 4) is 0 Å². The minimum atomic E-state index is 0.202. The van der Waals surface area contributed by atoms with E-state index in [1.54, 1.807) is 0 Å². The molecule has 0 spiro atoms. The maximum atomic E-state index is 4.91. The molecular weight excluding hydrogens is 370 g/mol. The Balaban J connectivity index is 1.34. The highest BCUT2D eigenvalue weighted by atomic mass is 15.2. The maximum Gasteiger partial charge on any atom is 0.0930 e. The van der Waals surface area contributed by atoms with E-state index in [1.807, 2.05) is 6.20 Å². The van der Waals surface area contributed by atoms with E-state index in [0.717, 1.165) is 44.0 Å². The molecule has 0 saturated carbocycles. The Bertz CT molecular complexity index is 986. The quantitative estimate of drug-likeness (QED) is 0.613. The molecule has 2 aliphatic rings. The van der Waals surface area contributed by atoms with Crippen LogP contribution in [-0.4, -0.2) is 58.5 Å². The molecule has 0 amide bonds. The number of benzene rings is 1. The van der Waals surface area contributed by atoms with Gasteiger partial charge < -0.3 is 10.3 Å². The number of rotatable bonds is 7. The zero-order chi connectivity index (χ0) is 20.5. The van der Waals surface area contributed by atoms with Crippen molar-refractivity contribution in [2.75, 3.05) is 38.0 Å². The van der Waals surface area contributed by atoms with Gasteiger partial charge >= 0.3 is 0 Å². The van der Waals surface area contributed by atoms with E-state index in [2.05, 4.69) is 70.3 Å². The molecule has 1 unspecified atom stereocenters. The number of likely N-dealkylation sites (tertiary alicyclic amines) is 1. The number of para-hydroxylation sites is 1. The van der Waals surface area contributed by atoms with Gasteiger partial charge in [0.2, 0.25) is 0 Å². The fourth-order valence-corrected chi connectivity index (χ4v) is 5.08. The summed E-state index contributed by atoms with van der Waals surface area (Å²) in [6.45, 7) is 10.1. The molecule has 5 rings (SSSR count). The van der Waals surface area contributed by atoms with Crippen LogP contribution in [0.25, 0.3) is 10.9 Å². The average Bonchev–Trinajstić information content (AvgIpc) is 3.13. The lowest BCUT2D eigenvalue weighted by atomic mass is 9.95. The Morgan fingerprint density at radius 3 is 2.77 bits per heavy atom. The molecule has 5 heteroatoms. The molecule has 0 radical (unpaired) electrons. The van der Waals surface area contributed by atoms with Gasteiger partial charge in [0, 0.05) is 36.2 Å². The molecule has 4 heterocycles. The summed E-state index contributed by atoms with van der Waals surface area (Å²) in [4.78, 5) is 13.7. The molecule has 3 aromatic rings. The van der Waals surface area contributed by atoms with Crippen molar-refractivity contribution >= 4 is 16.6 Å². The van der Waals surface area contributed by atoms with Gasteiger partial charge in [0.1, 0.15) is 0 Å². The third kappa shape index (κ3) is 3.61. The van der Waals surface area contributed by atoms with Crippen LogP contribution < -0.4 is 5.32 Å². The standard InChI is InChI=1S/C25H33N5/c1-3-5-13-29-16-19(17-29)27-18-10-11-23(26-15-18)25-24-21(12-14-30(25)4-2)20-8-6-7-9-22(20)28-24/h6-11,15,19,25,27-28H,3-5,12-14,16-17H2,1-2H3. The van der Waals surface area contributed by atoms with Crippen molar-refractivity contribution < 1.29 is 0 Å². The van der Waals surface area contributed by atoms with E-state index in [1.165, 1.54) is 41.5 Å². The normalized spacial score (nSPS) is 20.3. The Labute approximate surface area is 179 Å². The number of aromatic amines is 1. The number of pyridine rings is 1. The second kappa shape index (κ2) is 8.40. The number of aromatic nitrogens is 2. The van der Waals surface area contributed by atoms with Crippen LogP contribution >= 0.6 is 0 Å². The number of hydrogen-bond acceptors (Lipinski definition) is 4. The lowest BCUT2D eigenvalue weighted by Crippen LogP contribution is -2.54. The summed E-state index contributed by atoms with van der Waals surface area (Å²) in [5, 5.41) is 5.02. The highest BCUT2D eigenvalue weighted by Crippen LogP contribution is 2.37. The summed E-state index contributed by atoms with van der Waals surface area (Å²) >= 11 is 0. The second-order valence-corrected chi connectivity index (χ2v) is 8.77. The summed E-state index contributed by atoms with van der Waals surface area (Å²) in [5.74, 6) is 0. The van der Waals surface area contributed by atoms with Crippen LogP contribution in [0.2, 0.25) is 0 Å². The SMILES string of the molecule is CCCCN1CC(Nc2ccc(C3c4[nH]c5ccccc5c4CCN3CC)nc2)C1. The van der Waals surface area contributed by atoms with Crippen molar-refractivity contribution in [2.24, 2.45) is 0 Å². The topological polar surface area (TPSA) is 47.2 Å². The highest BCUT2D eigenvalue weighted by molar-refractivity contribution is 5.85. The van der Waals surface area contributed by atoms with Gasteiger partial charge in [-0.2, -0.15) is 0 Å². The number of unbranched alkanes of at least 4 members (excludes halogenated alkanes) is 1. The largest absolute Gasteiger partial charge is 0.378 e. The number of hydrogen-bond donors (Lipinski definition) is 2. The van der Waals surface area contributed by atoms with E-state index >= 15 is 0 Å². The van der Waals surface area contributed by atoms with Gasteiger partial charge in [-0.15, -0.1) is 0 Å². The summed E-state index contributed by atoms with van der Waals surface area (Å²) < 4.78 is 0. The molecular formula is C25H33N5. The van der Waals surface area contributed by atoms with E-state index in [-0.39, 0.29) is 6.04 Å². The van der Waals surface area contributed by atoms with Crippen LogP contribution in [0.5, 0.6) is 0 Å². The van der Waals surface area contributed by atoms with Gasteiger partial charge in [-0.25, -0.2) is 0 Å². The minimum absolute atomic E-state index is 0.202. The van der Waals surface area contributed by atoms with Crippen LogP contribution in [0.15, 0.2) is 42.6 Å². The van der Waals surface area contributed by atoms with Crippen LogP contribution in [0, 0.1) is 0 Å². The van der Waals surface area contributed by atoms with Crippen LogP contribution in [0.4, 0.5) is 5.69 Å². The first-order chi connectivity index (χ1) is 14.8. The molecule has 1 fully saturated rings. The Morgan fingerprint density at radius 2 is 2.00 bits per heavy atom. The number of nitrogens with one attached hydrogen (secondary N) is 2. The van der Waals surface area contributed by atoms with E-state index in [0.29, 0.717) is 6.04 Å². The third-order valence-corrected chi connectivity index (χ3v) is 6.76. The third-order valence-electron chi connectivity index (χ3n) is 6.76. The van der Waals surface area contributed by atoms with Crippen molar-refractivity contribution in [3.63, 3.8) is 0 Å². The zero-order valence-corrected chi connectivity index (χ0v) is 18.2. The summed E-state index contributed by atoms with van der Waals surface area (Å²) in [6.07, 6.45) is 5.69. The predicted octanol–water partition coefficient (Wildman–Crippen LogP) is 4.43. The lowest BCUT2D eigenvalue weighted by molar-refractivity contribution is 0.159. The molecule has 1 saturated heterocycles. The summed E-state index contributed by atoms with van der Waals surface area (Å²) in [5.41, 5.74) is 6.29. The van der Waals surface area contributed by atoms with Crippen molar-refractivity contribution in [1.29, 1.82) is 0 Å². The Morgan fingerprint density at radius 1 is 1.13 bits per heavy atom. The van der Waals surface area contributed by atoms with Crippen LogP contribution in [0.3, 0.4) is 0 Å². The van der Waals surface area contributed by atoms with Gasteiger partial charge in [0.05, 0.1) is 29.7 Å². The molecule has 30 heavy (non-hydrogen) atoms. The molecule has 1 aromatic carbocycles. The summed E-state index contributed by atoms with van der Waals surface area (Å²) in [6, 6.07) is 13.9. The van der Waals surface area contributed by atoms with E-state index < -0.39 is 0 Å². The smallest absolute Gasteiger partial charge is 0.0930 e. The van der Waals surface area contributed by atoms with Gasteiger partial charge in [0.15, 0.2) is 0 Å². The minimum Gasteiger partial charge on any atom is -0.378 e. The molecule has 2 aromatic heterocycles. The molecule has 0 aliphatic carbocycles. The first-order valence-electron chi connectivity index (χ1n) is 11.5. The molecule has 2 aliphatic heterocycles. The number of likely N-dealkylation sites (N-methyl/N-ethyl adjacent to an activating group) is 1. The molecule has 1 atom stereocenters. The first-order valence-corrected chi connectivity index (χ1v) is 11.5. The first kappa shape index (κ1) is 19.6. The maximum absolute atomic E-state index is 4.91. The zero-order valence-electron chi connectivity index (χ0n) is 18.2. The second-order valence-electron chi connectivity index (χ2n) is 8.77. The monoisotopic (exact) mass is 403 g/mol. The predicted molar refractivity (Wildman–Crippen MR) is 124 cm³/mol. The Kier molecular flexibility index (Phi) is 5.48. The average molecular weight is 404 g/mol. The van der Waals surface area contributed by atoms with E-state index in [9.17, 15) is 0 Å². The molecule has 2 N–H and O–H groups in total. The number of H-pyrrole nitrogens is 1. The fraction of sp³-hybridized carbons (Fsp3) is 0.480. The Hall–Kier alpha value is -2.37. The van der Waals surface area contributed by atoms with Crippen LogP contribution in [0.1, 0.15) is 49.7 Å². The number of anilines is 1. The van der Waals surface area contributed by atoms with Gasteiger partial charge in [-0.3, -0.25) is 14.8 Å².